The van der Waals surface area contributed by atoms with Crippen LogP contribution in [0, 0.1) is 0 Å². The van der Waals surface area contributed by atoms with Crippen molar-refractivity contribution in [2.75, 3.05) is 39.3 Å². The molecule has 0 aromatic rings. The van der Waals surface area contributed by atoms with Crippen LogP contribution in [-0.4, -0.2) is 55.4 Å². The highest BCUT2D eigenvalue weighted by Crippen LogP contribution is 2.03. The third kappa shape index (κ3) is 6.19. The molecule has 5 heteroatoms. The first-order valence-corrected chi connectivity index (χ1v) is 7.02. The van der Waals surface area contributed by atoms with Crippen molar-refractivity contribution < 1.29 is 4.74 Å². The molecular formula is C12H25N3OS. The molecule has 1 unspecified atom stereocenters. The highest BCUT2D eigenvalue weighted by atomic mass is 32.1. The zero-order chi connectivity index (χ0) is 12.5. The van der Waals surface area contributed by atoms with Crippen molar-refractivity contribution in [3.8, 4) is 0 Å². The lowest BCUT2D eigenvalue weighted by molar-refractivity contribution is -0.0233. The number of ether oxygens (including phenoxy) is 1. The van der Waals surface area contributed by atoms with Crippen molar-refractivity contribution in [2.45, 2.75) is 32.8 Å². The Bertz CT molecular complexity index is 226. The number of hydrogen-bond acceptors (Lipinski definition) is 3. The maximum atomic E-state index is 5.69. The number of hydrogen-bond donors (Lipinski definition) is 2. The number of morpholine rings is 1. The van der Waals surface area contributed by atoms with E-state index in [0.717, 1.165) is 50.9 Å². The second kappa shape index (κ2) is 8.66. The van der Waals surface area contributed by atoms with Crippen LogP contribution in [-0.2, 0) is 4.74 Å². The maximum absolute atomic E-state index is 5.69. The van der Waals surface area contributed by atoms with E-state index in [2.05, 4.69) is 29.4 Å². The molecule has 1 aliphatic heterocycles. The third-order valence-corrected chi connectivity index (χ3v) is 3.26. The minimum Gasteiger partial charge on any atom is -0.374 e. The molecule has 0 aromatic heterocycles. The Morgan fingerprint density at radius 1 is 1.41 bits per heavy atom. The molecule has 0 saturated carbocycles. The second-order valence-corrected chi connectivity index (χ2v) is 4.78. The molecular weight excluding hydrogens is 234 g/mol. The van der Waals surface area contributed by atoms with Crippen molar-refractivity contribution in [1.29, 1.82) is 0 Å². The van der Waals surface area contributed by atoms with Crippen LogP contribution in [0.4, 0.5) is 0 Å². The highest BCUT2D eigenvalue weighted by Gasteiger charge is 2.18. The molecule has 0 spiro atoms. The van der Waals surface area contributed by atoms with Gasteiger partial charge in [-0.1, -0.05) is 20.3 Å². The minimum absolute atomic E-state index is 0.259. The van der Waals surface area contributed by atoms with Gasteiger partial charge in [0.05, 0.1) is 12.7 Å². The second-order valence-electron chi connectivity index (χ2n) is 4.38. The third-order valence-electron chi connectivity index (χ3n) is 2.98. The fraction of sp³-hybridized carbons (Fsp3) is 0.917. The van der Waals surface area contributed by atoms with E-state index in [0.29, 0.717) is 0 Å². The zero-order valence-electron chi connectivity index (χ0n) is 11.0. The van der Waals surface area contributed by atoms with Crippen LogP contribution in [0.1, 0.15) is 26.7 Å². The van der Waals surface area contributed by atoms with Gasteiger partial charge in [0.1, 0.15) is 0 Å². The number of nitrogens with one attached hydrogen (secondary N) is 2. The van der Waals surface area contributed by atoms with E-state index in [1.54, 1.807) is 0 Å². The average molecular weight is 259 g/mol. The summed E-state index contributed by atoms with van der Waals surface area (Å²) in [4.78, 5) is 2.41. The summed E-state index contributed by atoms with van der Waals surface area (Å²) in [5, 5.41) is 7.17. The quantitative estimate of drug-likeness (QED) is 0.549. The van der Waals surface area contributed by atoms with Gasteiger partial charge in [-0.05, 0) is 25.2 Å². The largest absolute Gasteiger partial charge is 0.374 e. The van der Waals surface area contributed by atoms with E-state index in [1.165, 1.54) is 6.42 Å². The molecule has 0 aliphatic carbocycles. The van der Waals surface area contributed by atoms with Crippen molar-refractivity contribution in [1.82, 2.24) is 15.5 Å². The van der Waals surface area contributed by atoms with Gasteiger partial charge in [-0.15, -0.1) is 0 Å². The molecule has 1 heterocycles. The summed E-state index contributed by atoms with van der Waals surface area (Å²) in [5.74, 6) is 0. The molecule has 100 valence electrons. The Hall–Kier alpha value is -0.390. The molecule has 0 radical (unpaired) electrons. The van der Waals surface area contributed by atoms with Crippen LogP contribution in [0.2, 0.25) is 0 Å². The Kier molecular flexibility index (Phi) is 7.48. The number of thiocarbonyl (C=S) groups is 1. The molecule has 1 fully saturated rings. The van der Waals surface area contributed by atoms with E-state index in [-0.39, 0.29) is 6.10 Å². The lowest BCUT2D eigenvalue weighted by Gasteiger charge is -2.32. The van der Waals surface area contributed by atoms with Gasteiger partial charge in [-0.25, -0.2) is 0 Å². The molecule has 1 atom stereocenters. The summed E-state index contributed by atoms with van der Waals surface area (Å²) in [7, 11) is 0. The lowest BCUT2D eigenvalue weighted by Crippen LogP contribution is -2.48. The first-order chi connectivity index (χ1) is 8.26. The first kappa shape index (κ1) is 14.7. The molecule has 0 bridgehead atoms. The van der Waals surface area contributed by atoms with Gasteiger partial charge in [0.25, 0.3) is 0 Å². The Balaban J connectivity index is 2.10. The van der Waals surface area contributed by atoms with Crippen LogP contribution in [0.25, 0.3) is 0 Å². The minimum atomic E-state index is 0.259. The average Bonchev–Trinajstić information content (AvgIpc) is 2.37. The summed E-state index contributed by atoms with van der Waals surface area (Å²) in [6, 6.07) is 0. The number of nitrogens with zero attached hydrogens (tertiary/aromatic N) is 1. The zero-order valence-corrected chi connectivity index (χ0v) is 11.8. The van der Waals surface area contributed by atoms with Crippen LogP contribution in [0.3, 0.4) is 0 Å². The smallest absolute Gasteiger partial charge is 0.166 e. The van der Waals surface area contributed by atoms with Crippen molar-refractivity contribution in [2.24, 2.45) is 0 Å². The van der Waals surface area contributed by atoms with E-state index < -0.39 is 0 Å². The van der Waals surface area contributed by atoms with Gasteiger partial charge in [0.2, 0.25) is 0 Å². The molecule has 1 rings (SSSR count). The van der Waals surface area contributed by atoms with Gasteiger partial charge in [0.15, 0.2) is 5.11 Å². The molecule has 17 heavy (non-hydrogen) atoms. The maximum Gasteiger partial charge on any atom is 0.166 e. The van der Waals surface area contributed by atoms with Crippen molar-refractivity contribution in [3.63, 3.8) is 0 Å². The van der Waals surface area contributed by atoms with Gasteiger partial charge >= 0.3 is 0 Å². The monoisotopic (exact) mass is 259 g/mol. The normalized spacial score (nSPS) is 21.2. The van der Waals surface area contributed by atoms with Gasteiger partial charge in [0, 0.05) is 26.2 Å². The standard InChI is InChI=1S/C12H25N3OS/c1-3-5-6-13-12(17)14-9-11-10-15(4-2)7-8-16-11/h11H,3-10H2,1-2H3,(H2,13,14,17). The van der Waals surface area contributed by atoms with Gasteiger partial charge < -0.3 is 15.4 Å². The molecule has 4 nitrogen and oxygen atoms in total. The van der Waals surface area contributed by atoms with Crippen LogP contribution in [0.15, 0.2) is 0 Å². The summed E-state index contributed by atoms with van der Waals surface area (Å²) in [6.45, 7) is 10.1. The molecule has 0 aromatic carbocycles. The summed E-state index contributed by atoms with van der Waals surface area (Å²) in [5.41, 5.74) is 0. The fourth-order valence-electron chi connectivity index (χ4n) is 1.84. The summed E-state index contributed by atoms with van der Waals surface area (Å²) >= 11 is 5.20. The lowest BCUT2D eigenvalue weighted by atomic mass is 10.2. The van der Waals surface area contributed by atoms with Crippen LogP contribution in [0.5, 0.6) is 0 Å². The molecule has 1 saturated heterocycles. The molecule has 1 aliphatic rings. The Labute approximate surface area is 110 Å². The summed E-state index contributed by atoms with van der Waals surface area (Å²) in [6.07, 6.45) is 2.60. The Morgan fingerprint density at radius 2 is 2.24 bits per heavy atom. The van der Waals surface area contributed by atoms with Crippen LogP contribution < -0.4 is 10.6 Å². The predicted octanol–water partition coefficient (Wildman–Crippen LogP) is 0.971. The first-order valence-electron chi connectivity index (χ1n) is 6.62. The van der Waals surface area contributed by atoms with Crippen molar-refractivity contribution >= 4 is 17.3 Å². The van der Waals surface area contributed by atoms with E-state index >= 15 is 0 Å². The highest BCUT2D eigenvalue weighted by molar-refractivity contribution is 7.80. The van der Waals surface area contributed by atoms with Gasteiger partial charge in [-0.2, -0.15) is 0 Å². The molecule has 2 N–H and O–H groups in total. The SMILES string of the molecule is CCCCNC(=S)NCC1CN(CC)CCO1. The van der Waals surface area contributed by atoms with E-state index in [1.807, 2.05) is 0 Å². The number of likely N-dealkylation sites (N-methyl/N-ethyl adjacent to an activating group) is 1. The van der Waals surface area contributed by atoms with Crippen LogP contribution >= 0.6 is 12.2 Å². The van der Waals surface area contributed by atoms with Crippen molar-refractivity contribution in [3.05, 3.63) is 0 Å². The Morgan fingerprint density at radius 3 is 2.94 bits per heavy atom. The van der Waals surface area contributed by atoms with E-state index in [4.69, 9.17) is 17.0 Å². The van der Waals surface area contributed by atoms with E-state index in [9.17, 15) is 0 Å². The number of rotatable bonds is 6. The predicted molar refractivity (Wildman–Crippen MR) is 75.4 cm³/mol. The number of unbranched alkanes of at least 4 members (excludes halogenated alkanes) is 1. The summed E-state index contributed by atoms with van der Waals surface area (Å²) < 4.78 is 5.69. The fourth-order valence-corrected chi connectivity index (χ4v) is 2.02. The molecule has 0 amide bonds. The van der Waals surface area contributed by atoms with Gasteiger partial charge in [-0.3, -0.25) is 4.90 Å². The topological polar surface area (TPSA) is 36.5 Å².